The van der Waals surface area contributed by atoms with Gasteiger partial charge in [-0.15, -0.1) is 0 Å². The summed E-state index contributed by atoms with van der Waals surface area (Å²) in [7, 11) is 0. The molecule has 0 saturated heterocycles. The minimum absolute atomic E-state index is 0.275. The minimum atomic E-state index is 0.275. The summed E-state index contributed by atoms with van der Waals surface area (Å²) < 4.78 is 5.89. The summed E-state index contributed by atoms with van der Waals surface area (Å²) in [6, 6.07) is 15.6. The molecule has 4 unspecified atom stereocenters. The Hall–Kier alpha value is -1.76. The van der Waals surface area contributed by atoms with Crippen LogP contribution in [0.25, 0.3) is 10.8 Å². The molecule has 4 atom stereocenters. The summed E-state index contributed by atoms with van der Waals surface area (Å²) in [6.45, 7) is 6.14. The molecule has 2 fully saturated rings. The van der Waals surface area contributed by atoms with Crippen molar-refractivity contribution in [3.63, 3.8) is 0 Å². The van der Waals surface area contributed by atoms with Crippen molar-refractivity contribution in [2.75, 3.05) is 0 Å². The van der Waals surface area contributed by atoms with Crippen LogP contribution in [0.4, 0.5) is 0 Å². The maximum atomic E-state index is 5.89. The molecule has 1 heteroatoms. The predicted octanol–water partition coefficient (Wildman–Crippen LogP) is 5.45. The van der Waals surface area contributed by atoms with Gasteiger partial charge in [0.2, 0.25) is 0 Å². The maximum absolute atomic E-state index is 5.89. The van der Waals surface area contributed by atoms with Crippen LogP contribution in [0.1, 0.15) is 38.2 Å². The van der Waals surface area contributed by atoms with Gasteiger partial charge in [-0.25, -0.2) is 0 Å². The van der Waals surface area contributed by atoms with Crippen molar-refractivity contribution in [2.45, 2.75) is 44.1 Å². The second-order valence-electron chi connectivity index (χ2n) is 7.03. The highest BCUT2D eigenvalue weighted by Gasteiger charge is 2.56. The van der Waals surface area contributed by atoms with Gasteiger partial charge in [0.15, 0.2) is 0 Å². The fourth-order valence-electron chi connectivity index (χ4n) is 5.35. The predicted molar refractivity (Wildman–Crippen MR) is 91.8 cm³/mol. The quantitative estimate of drug-likeness (QED) is 0.681. The summed E-state index contributed by atoms with van der Waals surface area (Å²) in [4.78, 5) is 0. The molecule has 0 aromatic heterocycles. The molecule has 2 aliphatic rings. The van der Waals surface area contributed by atoms with Crippen LogP contribution in [0.2, 0.25) is 0 Å². The Kier molecular flexibility index (Phi) is 3.25. The van der Waals surface area contributed by atoms with Crippen molar-refractivity contribution in [1.29, 1.82) is 0 Å². The average molecular weight is 292 g/mol. The van der Waals surface area contributed by atoms with Gasteiger partial charge in [-0.2, -0.15) is 0 Å². The number of rotatable bonds is 4. The van der Waals surface area contributed by atoms with Crippen molar-refractivity contribution in [1.82, 2.24) is 0 Å². The number of hydrogen-bond acceptors (Lipinski definition) is 1. The summed E-state index contributed by atoms with van der Waals surface area (Å²) in [5.74, 6) is 1.44. The van der Waals surface area contributed by atoms with E-state index in [9.17, 15) is 0 Å². The molecule has 2 aliphatic carbocycles. The fraction of sp³-hybridized carbons (Fsp3) is 0.429. The van der Waals surface area contributed by atoms with Crippen LogP contribution in [0.15, 0.2) is 55.3 Å². The summed E-state index contributed by atoms with van der Waals surface area (Å²) in [5, 5.41) is 2.79. The Labute approximate surface area is 133 Å². The molecular formula is C21H24O. The maximum Gasteiger partial charge on any atom is 0.102 e. The van der Waals surface area contributed by atoms with E-state index in [1.165, 1.54) is 42.0 Å². The molecular weight excluding hydrogens is 268 g/mol. The van der Waals surface area contributed by atoms with Gasteiger partial charge in [0, 0.05) is 11.3 Å². The Bertz CT molecular complexity index is 699. The number of ether oxygens (including phenoxy) is 1. The lowest BCUT2D eigenvalue weighted by atomic mass is 9.65. The lowest BCUT2D eigenvalue weighted by Gasteiger charge is -2.42. The fourth-order valence-corrected chi connectivity index (χ4v) is 5.35. The monoisotopic (exact) mass is 292 g/mol. The van der Waals surface area contributed by atoms with E-state index in [2.05, 4.69) is 56.0 Å². The first-order valence-corrected chi connectivity index (χ1v) is 8.53. The van der Waals surface area contributed by atoms with E-state index in [4.69, 9.17) is 4.74 Å². The molecule has 2 aromatic carbocycles. The molecule has 2 saturated carbocycles. The normalized spacial score (nSPS) is 33.2. The largest absolute Gasteiger partial charge is 0.498 e. The molecule has 22 heavy (non-hydrogen) atoms. The third-order valence-corrected chi connectivity index (χ3v) is 6.19. The van der Waals surface area contributed by atoms with E-state index >= 15 is 0 Å². The van der Waals surface area contributed by atoms with Gasteiger partial charge in [0.25, 0.3) is 0 Å². The summed E-state index contributed by atoms with van der Waals surface area (Å²) in [6.07, 6.45) is 7.04. The minimum Gasteiger partial charge on any atom is -0.498 e. The number of hydrogen-bond donors (Lipinski definition) is 0. The molecule has 0 amide bonds. The molecule has 4 rings (SSSR count). The van der Waals surface area contributed by atoms with Crippen LogP contribution in [-0.4, -0.2) is 6.10 Å². The van der Waals surface area contributed by atoms with E-state index in [0.717, 1.165) is 5.92 Å². The van der Waals surface area contributed by atoms with Gasteiger partial charge in [0.05, 0.1) is 6.26 Å². The average Bonchev–Trinajstić information content (AvgIpc) is 3.13. The van der Waals surface area contributed by atoms with Crippen molar-refractivity contribution in [3.05, 3.63) is 60.9 Å². The molecule has 0 radical (unpaired) electrons. The molecule has 1 nitrogen and oxygen atoms in total. The lowest BCUT2D eigenvalue weighted by molar-refractivity contribution is 0.0466. The Morgan fingerprint density at radius 1 is 1.18 bits per heavy atom. The molecule has 2 aromatic rings. The van der Waals surface area contributed by atoms with Crippen LogP contribution < -0.4 is 0 Å². The Balaban J connectivity index is 1.86. The Morgan fingerprint density at radius 3 is 2.77 bits per heavy atom. The van der Waals surface area contributed by atoms with Crippen LogP contribution in [0.5, 0.6) is 0 Å². The second-order valence-corrected chi connectivity index (χ2v) is 7.03. The molecule has 2 bridgehead atoms. The third kappa shape index (κ3) is 1.84. The van der Waals surface area contributed by atoms with Crippen molar-refractivity contribution < 1.29 is 4.74 Å². The SMILES string of the molecule is C=COC1CC2CC1C(CC)(c1cccc3ccccc13)C2. The smallest absolute Gasteiger partial charge is 0.102 e. The van der Waals surface area contributed by atoms with Gasteiger partial charge in [0.1, 0.15) is 6.10 Å². The first-order valence-electron chi connectivity index (χ1n) is 8.53. The standard InChI is InChI=1S/C21H24O/c1-3-21(14-15-12-19(21)20(13-15)22-4-2)18-11-7-9-16-8-5-6-10-17(16)18/h4-11,15,19-20H,2-3,12-14H2,1H3. The Morgan fingerprint density at radius 2 is 2.00 bits per heavy atom. The topological polar surface area (TPSA) is 9.23 Å². The first kappa shape index (κ1) is 13.9. The third-order valence-electron chi connectivity index (χ3n) is 6.19. The van der Waals surface area contributed by atoms with Crippen molar-refractivity contribution >= 4 is 10.8 Å². The van der Waals surface area contributed by atoms with Crippen LogP contribution in [-0.2, 0) is 10.2 Å². The van der Waals surface area contributed by atoms with Gasteiger partial charge in [-0.05, 0) is 47.9 Å². The van der Waals surface area contributed by atoms with E-state index < -0.39 is 0 Å². The van der Waals surface area contributed by atoms with Crippen LogP contribution >= 0.6 is 0 Å². The zero-order valence-corrected chi connectivity index (χ0v) is 13.3. The van der Waals surface area contributed by atoms with Crippen molar-refractivity contribution in [2.24, 2.45) is 11.8 Å². The highest BCUT2D eigenvalue weighted by molar-refractivity contribution is 5.86. The van der Waals surface area contributed by atoms with Crippen molar-refractivity contribution in [3.8, 4) is 0 Å². The number of fused-ring (bicyclic) bond motifs is 3. The molecule has 0 N–H and O–H groups in total. The van der Waals surface area contributed by atoms with E-state index in [1.807, 2.05) is 0 Å². The molecule has 0 aliphatic heterocycles. The summed E-state index contributed by atoms with van der Waals surface area (Å²) >= 11 is 0. The van der Waals surface area contributed by atoms with E-state index in [1.54, 1.807) is 6.26 Å². The highest BCUT2D eigenvalue weighted by atomic mass is 16.5. The van der Waals surface area contributed by atoms with Gasteiger partial charge < -0.3 is 4.74 Å². The zero-order chi connectivity index (χ0) is 15.2. The van der Waals surface area contributed by atoms with Gasteiger partial charge in [-0.1, -0.05) is 56.0 Å². The molecule has 0 heterocycles. The molecule has 0 spiro atoms. The van der Waals surface area contributed by atoms with E-state index in [-0.39, 0.29) is 5.41 Å². The van der Waals surface area contributed by atoms with Crippen LogP contribution in [0, 0.1) is 11.8 Å². The van der Waals surface area contributed by atoms with Gasteiger partial charge in [-0.3, -0.25) is 0 Å². The molecule has 114 valence electrons. The first-order chi connectivity index (χ1) is 10.8. The number of benzene rings is 2. The highest BCUT2D eigenvalue weighted by Crippen LogP contribution is 2.60. The summed E-state index contributed by atoms with van der Waals surface area (Å²) in [5.41, 5.74) is 1.82. The second kappa shape index (κ2) is 5.15. The van der Waals surface area contributed by atoms with Gasteiger partial charge >= 0.3 is 0 Å². The van der Waals surface area contributed by atoms with E-state index in [0.29, 0.717) is 12.0 Å². The zero-order valence-electron chi connectivity index (χ0n) is 13.3. The lowest BCUT2D eigenvalue weighted by Crippen LogP contribution is -2.40. The van der Waals surface area contributed by atoms with Crippen LogP contribution in [0.3, 0.4) is 0 Å².